The molecule has 0 saturated carbocycles. The Morgan fingerprint density at radius 3 is 3.00 bits per heavy atom. The molecular weight excluding hydrogens is 298 g/mol. The Kier molecular flexibility index (Phi) is 3.28. The fraction of sp³-hybridized carbons (Fsp3) is 0.167. The van der Waals surface area contributed by atoms with Crippen LogP contribution in [0.15, 0.2) is 34.7 Å². The molecule has 1 amide bonds. The molecule has 0 fully saturated rings. The van der Waals surface area contributed by atoms with E-state index < -0.39 is 10.0 Å². The number of sulfonamides is 1. The van der Waals surface area contributed by atoms with Gasteiger partial charge in [-0.3, -0.25) is 4.79 Å². The highest BCUT2D eigenvalue weighted by Crippen LogP contribution is 2.25. The number of aromatic nitrogens is 1. The lowest BCUT2D eigenvalue weighted by atomic mass is 10.2. The summed E-state index contributed by atoms with van der Waals surface area (Å²) >= 11 is 1.39. The number of hydrogen-bond acceptors (Lipinski definition) is 5. The van der Waals surface area contributed by atoms with Gasteiger partial charge in [0.2, 0.25) is 15.9 Å². The van der Waals surface area contributed by atoms with E-state index in [9.17, 15) is 13.2 Å². The van der Waals surface area contributed by atoms with Gasteiger partial charge < -0.3 is 5.32 Å². The van der Waals surface area contributed by atoms with Gasteiger partial charge in [0.15, 0.2) is 0 Å². The number of fused-ring (bicyclic) bond motifs is 1. The van der Waals surface area contributed by atoms with Gasteiger partial charge in [0, 0.05) is 17.3 Å². The number of hydrogen-bond donors (Lipinski definition) is 2. The molecule has 0 spiro atoms. The lowest BCUT2D eigenvalue weighted by molar-refractivity contribution is -0.115. The molecule has 20 heavy (non-hydrogen) atoms. The number of anilines is 1. The predicted molar refractivity (Wildman–Crippen MR) is 74.9 cm³/mol. The van der Waals surface area contributed by atoms with Gasteiger partial charge in [0.25, 0.3) is 0 Å². The Labute approximate surface area is 119 Å². The van der Waals surface area contributed by atoms with Crippen molar-refractivity contribution in [3.8, 4) is 0 Å². The molecule has 6 nitrogen and oxygen atoms in total. The summed E-state index contributed by atoms with van der Waals surface area (Å²) < 4.78 is 26.8. The first kappa shape index (κ1) is 13.2. The first-order valence-corrected chi connectivity index (χ1v) is 8.22. The van der Waals surface area contributed by atoms with E-state index in [0.717, 1.165) is 0 Å². The number of benzene rings is 1. The van der Waals surface area contributed by atoms with E-state index in [1.54, 1.807) is 17.6 Å². The van der Waals surface area contributed by atoms with E-state index in [-0.39, 0.29) is 23.8 Å². The third-order valence-corrected chi connectivity index (χ3v) is 5.09. The summed E-state index contributed by atoms with van der Waals surface area (Å²) in [5.41, 5.74) is 1.38. The Morgan fingerprint density at radius 2 is 2.25 bits per heavy atom. The van der Waals surface area contributed by atoms with Crippen molar-refractivity contribution in [1.82, 2.24) is 9.71 Å². The van der Waals surface area contributed by atoms with E-state index in [1.165, 1.54) is 23.5 Å². The van der Waals surface area contributed by atoms with Crippen LogP contribution >= 0.6 is 11.3 Å². The normalized spacial score (nSPS) is 14.1. The fourth-order valence-corrected chi connectivity index (χ4v) is 3.64. The predicted octanol–water partition coefficient (Wildman–Crippen LogP) is 1.12. The quantitative estimate of drug-likeness (QED) is 0.886. The summed E-state index contributed by atoms with van der Waals surface area (Å²) in [5, 5.41) is 5.16. The molecule has 3 rings (SSSR count). The van der Waals surface area contributed by atoms with Gasteiger partial charge in [-0.2, -0.15) is 0 Å². The van der Waals surface area contributed by atoms with Crippen molar-refractivity contribution in [2.24, 2.45) is 0 Å². The molecule has 8 heteroatoms. The first-order valence-electron chi connectivity index (χ1n) is 5.85. The minimum atomic E-state index is -3.60. The molecule has 0 saturated heterocycles. The van der Waals surface area contributed by atoms with Crippen LogP contribution in [0.2, 0.25) is 0 Å². The third-order valence-electron chi connectivity index (χ3n) is 2.91. The molecule has 2 aromatic rings. The van der Waals surface area contributed by atoms with Crippen LogP contribution in [0.3, 0.4) is 0 Å². The zero-order valence-electron chi connectivity index (χ0n) is 10.3. The molecule has 0 atom stereocenters. The standard InChI is InChI=1S/C12H11N3O3S2/c16-11-6-8-5-9(1-2-10(8)15-11)20(17,18)14-7-12-13-3-4-19-12/h1-5,14H,6-7H2,(H,15,16). The largest absolute Gasteiger partial charge is 0.326 e. The highest BCUT2D eigenvalue weighted by molar-refractivity contribution is 7.89. The van der Waals surface area contributed by atoms with Crippen molar-refractivity contribution in [3.63, 3.8) is 0 Å². The number of carbonyl (C=O) groups excluding carboxylic acids is 1. The molecule has 1 aliphatic heterocycles. The fourth-order valence-electron chi connectivity index (χ4n) is 1.95. The maximum absolute atomic E-state index is 12.2. The topological polar surface area (TPSA) is 88.2 Å². The number of nitrogens with zero attached hydrogens (tertiary/aromatic N) is 1. The van der Waals surface area contributed by atoms with Crippen molar-refractivity contribution < 1.29 is 13.2 Å². The molecule has 0 aliphatic carbocycles. The molecule has 1 aromatic carbocycles. The van der Waals surface area contributed by atoms with Crippen LogP contribution in [0.25, 0.3) is 0 Å². The first-order chi connectivity index (χ1) is 9.54. The van der Waals surface area contributed by atoms with Crippen molar-refractivity contribution in [1.29, 1.82) is 0 Å². The summed E-state index contributed by atoms with van der Waals surface area (Å²) in [4.78, 5) is 15.4. The minimum absolute atomic E-state index is 0.120. The van der Waals surface area contributed by atoms with Crippen molar-refractivity contribution in [3.05, 3.63) is 40.3 Å². The highest BCUT2D eigenvalue weighted by atomic mass is 32.2. The van der Waals surface area contributed by atoms with Crippen LogP contribution in [0.4, 0.5) is 5.69 Å². The van der Waals surface area contributed by atoms with Gasteiger partial charge in [-0.25, -0.2) is 18.1 Å². The van der Waals surface area contributed by atoms with Gasteiger partial charge in [-0.1, -0.05) is 0 Å². The molecule has 0 unspecified atom stereocenters. The van der Waals surface area contributed by atoms with E-state index in [4.69, 9.17) is 0 Å². The molecule has 0 bridgehead atoms. The van der Waals surface area contributed by atoms with Crippen LogP contribution in [0.5, 0.6) is 0 Å². The van der Waals surface area contributed by atoms with Gasteiger partial charge in [-0.05, 0) is 23.8 Å². The average molecular weight is 309 g/mol. The Bertz CT molecular complexity index is 754. The number of nitrogens with one attached hydrogen (secondary N) is 2. The SMILES string of the molecule is O=C1Cc2cc(S(=O)(=O)NCc3nccs3)ccc2N1. The number of thiazole rings is 1. The highest BCUT2D eigenvalue weighted by Gasteiger charge is 2.21. The maximum Gasteiger partial charge on any atom is 0.240 e. The summed E-state index contributed by atoms with van der Waals surface area (Å²) in [6, 6.07) is 4.62. The lowest BCUT2D eigenvalue weighted by Gasteiger charge is -2.07. The van der Waals surface area contributed by atoms with E-state index in [2.05, 4.69) is 15.0 Å². The molecular formula is C12H11N3O3S2. The zero-order valence-corrected chi connectivity index (χ0v) is 11.9. The molecule has 2 heterocycles. The summed E-state index contributed by atoms with van der Waals surface area (Å²) in [7, 11) is -3.60. The lowest BCUT2D eigenvalue weighted by Crippen LogP contribution is -2.23. The van der Waals surface area contributed by atoms with Crippen LogP contribution < -0.4 is 10.0 Å². The Hall–Kier alpha value is -1.77. The van der Waals surface area contributed by atoms with E-state index in [1.807, 2.05) is 0 Å². The van der Waals surface area contributed by atoms with E-state index in [0.29, 0.717) is 16.3 Å². The molecule has 1 aliphatic rings. The van der Waals surface area contributed by atoms with Crippen LogP contribution in [-0.2, 0) is 27.8 Å². The van der Waals surface area contributed by atoms with E-state index >= 15 is 0 Å². The second kappa shape index (κ2) is 4.97. The molecule has 0 radical (unpaired) electrons. The van der Waals surface area contributed by atoms with Crippen LogP contribution in [-0.4, -0.2) is 19.3 Å². The summed E-state index contributed by atoms with van der Waals surface area (Å²) in [5.74, 6) is -0.120. The number of amides is 1. The molecule has 2 N–H and O–H groups in total. The molecule has 1 aromatic heterocycles. The second-order valence-electron chi connectivity index (χ2n) is 4.29. The van der Waals surface area contributed by atoms with Gasteiger partial charge in [-0.15, -0.1) is 11.3 Å². The smallest absolute Gasteiger partial charge is 0.240 e. The third kappa shape index (κ3) is 2.58. The zero-order chi connectivity index (χ0) is 14.2. The monoisotopic (exact) mass is 309 g/mol. The van der Waals surface area contributed by atoms with Crippen LogP contribution in [0, 0.1) is 0 Å². The summed E-state index contributed by atoms with van der Waals surface area (Å²) in [6.45, 7) is 0.161. The Morgan fingerprint density at radius 1 is 1.40 bits per heavy atom. The van der Waals surface area contributed by atoms with Crippen LogP contribution in [0.1, 0.15) is 10.6 Å². The van der Waals surface area contributed by atoms with Crippen molar-refractivity contribution >= 4 is 33.0 Å². The summed E-state index contributed by atoms with van der Waals surface area (Å²) in [6.07, 6.45) is 1.84. The maximum atomic E-state index is 12.2. The van der Waals surface area contributed by atoms with Crippen molar-refractivity contribution in [2.75, 3.05) is 5.32 Å². The van der Waals surface area contributed by atoms with Crippen molar-refractivity contribution in [2.45, 2.75) is 17.9 Å². The second-order valence-corrected chi connectivity index (χ2v) is 7.04. The average Bonchev–Trinajstić information content (AvgIpc) is 3.03. The minimum Gasteiger partial charge on any atom is -0.326 e. The van der Waals surface area contributed by atoms with Gasteiger partial charge >= 0.3 is 0 Å². The Balaban J connectivity index is 1.81. The molecule has 104 valence electrons. The number of carbonyl (C=O) groups is 1. The number of rotatable bonds is 4. The van der Waals surface area contributed by atoms with Gasteiger partial charge in [0.05, 0.1) is 17.9 Å². The van der Waals surface area contributed by atoms with Gasteiger partial charge in [0.1, 0.15) is 5.01 Å².